The van der Waals surface area contributed by atoms with E-state index in [9.17, 15) is 4.79 Å². The summed E-state index contributed by atoms with van der Waals surface area (Å²) in [5.74, 6) is 1.41. The van der Waals surface area contributed by atoms with Gasteiger partial charge in [0, 0.05) is 37.7 Å². The predicted molar refractivity (Wildman–Crippen MR) is 69.6 cm³/mol. The maximum atomic E-state index is 10.6. The molecule has 0 radical (unpaired) electrons. The number of nitrogens with zero attached hydrogens (tertiary/aromatic N) is 2. The molecular formula is C13H20N4O2. The van der Waals surface area contributed by atoms with Gasteiger partial charge in [0.25, 0.3) is 0 Å². The molecule has 1 aromatic rings. The lowest BCUT2D eigenvalue weighted by Crippen LogP contribution is -2.26. The third-order valence-corrected chi connectivity index (χ3v) is 3.66. The summed E-state index contributed by atoms with van der Waals surface area (Å²) in [6.07, 6.45) is 3.50. The van der Waals surface area contributed by atoms with Crippen molar-refractivity contribution in [3.8, 4) is 0 Å². The fourth-order valence-electron chi connectivity index (χ4n) is 2.62. The van der Waals surface area contributed by atoms with Gasteiger partial charge in [-0.15, -0.1) is 0 Å². The van der Waals surface area contributed by atoms with Crippen LogP contribution >= 0.6 is 0 Å². The number of amides is 1. The Morgan fingerprint density at radius 2 is 2.37 bits per heavy atom. The van der Waals surface area contributed by atoms with Gasteiger partial charge in [0.15, 0.2) is 0 Å². The number of hydrogen-bond acceptors (Lipinski definition) is 4. The van der Waals surface area contributed by atoms with E-state index in [4.69, 9.17) is 15.5 Å². The van der Waals surface area contributed by atoms with Crippen LogP contribution in [0.25, 0.3) is 0 Å². The lowest BCUT2D eigenvalue weighted by Gasteiger charge is -2.16. The molecule has 0 aromatic carbocycles. The number of ether oxygens (including phenoxy) is 1. The van der Waals surface area contributed by atoms with E-state index in [2.05, 4.69) is 9.88 Å². The number of hydrogen-bond donors (Lipinski definition) is 2. The van der Waals surface area contributed by atoms with Gasteiger partial charge in [-0.25, -0.2) is 4.98 Å². The topological polar surface area (TPSA) is 82.2 Å². The standard InChI is InChI=1S/C13H20N4O2/c14-12(18)8-19-6-5-17-11-3-4-15-7-10(11)16-13(17)9-1-2-9/h9,15H,1-8H2,(H2,14,18). The van der Waals surface area contributed by atoms with Gasteiger partial charge in [-0.1, -0.05) is 0 Å². The van der Waals surface area contributed by atoms with Crippen molar-refractivity contribution in [1.82, 2.24) is 14.9 Å². The van der Waals surface area contributed by atoms with Crippen LogP contribution in [-0.4, -0.2) is 35.2 Å². The van der Waals surface area contributed by atoms with E-state index in [0.29, 0.717) is 12.5 Å². The second-order valence-corrected chi connectivity index (χ2v) is 5.23. The minimum Gasteiger partial charge on any atom is -0.370 e. The van der Waals surface area contributed by atoms with Crippen molar-refractivity contribution < 1.29 is 9.53 Å². The summed E-state index contributed by atoms with van der Waals surface area (Å²) in [6, 6.07) is 0. The maximum Gasteiger partial charge on any atom is 0.243 e. The minimum absolute atomic E-state index is 0.00277. The monoisotopic (exact) mass is 264 g/mol. The van der Waals surface area contributed by atoms with Crippen molar-refractivity contribution in [3.63, 3.8) is 0 Å². The van der Waals surface area contributed by atoms with Gasteiger partial charge in [0.05, 0.1) is 12.3 Å². The summed E-state index contributed by atoms with van der Waals surface area (Å²) in [7, 11) is 0. The van der Waals surface area contributed by atoms with E-state index < -0.39 is 5.91 Å². The second-order valence-electron chi connectivity index (χ2n) is 5.23. The van der Waals surface area contributed by atoms with Crippen molar-refractivity contribution in [2.24, 2.45) is 5.73 Å². The van der Waals surface area contributed by atoms with Crippen molar-refractivity contribution in [2.45, 2.75) is 38.3 Å². The Bertz CT molecular complexity index is 479. The van der Waals surface area contributed by atoms with Crippen LogP contribution in [0.4, 0.5) is 0 Å². The van der Waals surface area contributed by atoms with Crippen LogP contribution in [-0.2, 0) is 29.0 Å². The third kappa shape index (κ3) is 2.79. The van der Waals surface area contributed by atoms with Crippen molar-refractivity contribution >= 4 is 5.91 Å². The van der Waals surface area contributed by atoms with E-state index in [1.165, 1.54) is 30.1 Å². The first-order valence-electron chi connectivity index (χ1n) is 6.90. The smallest absolute Gasteiger partial charge is 0.243 e. The zero-order valence-corrected chi connectivity index (χ0v) is 11.0. The van der Waals surface area contributed by atoms with Crippen LogP contribution in [0.15, 0.2) is 0 Å². The first-order chi connectivity index (χ1) is 9.25. The number of aromatic nitrogens is 2. The number of carbonyl (C=O) groups is 1. The number of carbonyl (C=O) groups excluding carboxylic acids is 1. The number of fused-ring (bicyclic) bond motifs is 1. The van der Waals surface area contributed by atoms with E-state index in [0.717, 1.165) is 26.1 Å². The largest absolute Gasteiger partial charge is 0.370 e. The van der Waals surface area contributed by atoms with Gasteiger partial charge in [-0.2, -0.15) is 0 Å². The molecular weight excluding hydrogens is 244 g/mol. The Labute approximate surface area is 112 Å². The van der Waals surface area contributed by atoms with Crippen LogP contribution < -0.4 is 11.1 Å². The SMILES string of the molecule is NC(=O)COCCn1c(C2CC2)nc2c1CCNC2. The summed E-state index contributed by atoms with van der Waals surface area (Å²) in [6.45, 7) is 3.15. The van der Waals surface area contributed by atoms with Crippen LogP contribution in [0.3, 0.4) is 0 Å². The Kier molecular flexibility index (Phi) is 3.52. The molecule has 19 heavy (non-hydrogen) atoms. The summed E-state index contributed by atoms with van der Waals surface area (Å²) in [5.41, 5.74) is 7.58. The van der Waals surface area contributed by atoms with Gasteiger partial charge in [-0.05, 0) is 12.8 Å². The van der Waals surface area contributed by atoms with E-state index in [-0.39, 0.29) is 6.61 Å². The number of imidazole rings is 1. The molecule has 0 atom stereocenters. The summed E-state index contributed by atoms with van der Waals surface area (Å²) >= 11 is 0. The van der Waals surface area contributed by atoms with Crippen molar-refractivity contribution in [3.05, 3.63) is 17.2 Å². The number of nitrogens with one attached hydrogen (secondary N) is 1. The highest BCUT2D eigenvalue weighted by molar-refractivity contribution is 5.74. The second kappa shape index (κ2) is 5.30. The molecule has 3 rings (SSSR count). The zero-order chi connectivity index (χ0) is 13.2. The highest BCUT2D eigenvalue weighted by Crippen LogP contribution is 2.40. The lowest BCUT2D eigenvalue weighted by molar-refractivity contribution is -0.122. The van der Waals surface area contributed by atoms with E-state index in [1.807, 2.05) is 0 Å². The molecule has 6 heteroatoms. The lowest BCUT2D eigenvalue weighted by atomic mass is 10.2. The van der Waals surface area contributed by atoms with Gasteiger partial charge >= 0.3 is 0 Å². The number of rotatable bonds is 6. The van der Waals surface area contributed by atoms with Gasteiger partial charge < -0.3 is 20.4 Å². The minimum atomic E-state index is -0.417. The van der Waals surface area contributed by atoms with Gasteiger partial charge in [-0.3, -0.25) is 4.79 Å². The molecule has 104 valence electrons. The molecule has 2 heterocycles. The molecule has 2 aliphatic rings. The first-order valence-corrected chi connectivity index (χ1v) is 6.90. The predicted octanol–water partition coefficient (Wildman–Crippen LogP) is -0.0919. The Morgan fingerprint density at radius 3 is 3.11 bits per heavy atom. The Morgan fingerprint density at radius 1 is 1.53 bits per heavy atom. The molecule has 1 amide bonds. The zero-order valence-electron chi connectivity index (χ0n) is 11.0. The summed E-state index contributed by atoms with van der Waals surface area (Å²) in [4.78, 5) is 15.4. The quantitative estimate of drug-likeness (QED) is 0.703. The summed E-state index contributed by atoms with van der Waals surface area (Å²) < 4.78 is 7.58. The molecule has 1 saturated carbocycles. The molecule has 0 unspecified atom stereocenters. The van der Waals surface area contributed by atoms with Crippen molar-refractivity contribution in [2.75, 3.05) is 19.8 Å². The highest BCUT2D eigenvalue weighted by Gasteiger charge is 2.31. The fraction of sp³-hybridized carbons (Fsp3) is 0.692. The highest BCUT2D eigenvalue weighted by atomic mass is 16.5. The van der Waals surface area contributed by atoms with Gasteiger partial charge in [0.2, 0.25) is 5.91 Å². The van der Waals surface area contributed by atoms with Gasteiger partial charge in [0.1, 0.15) is 12.4 Å². The molecule has 1 aromatic heterocycles. The molecule has 3 N–H and O–H groups in total. The molecule has 1 aliphatic carbocycles. The summed E-state index contributed by atoms with van der Waals surface area (Å²) in [5, 5.41) is 3.35. The third-order valence-electron chi connectivity index (χ3n) is 3.66. The molecule has 1 aliphatic heterocycles. The number of nitrogens with two attached hydrogens (primary N) is 1. The Balaban J connectivity index is 1.71. The van der Waals surface area contributed by atoms with Crippen LogP contribution in [0.1, 0.15) is 36.0 Å². The number of primary amides is 1. The molecule has 0 saturated heterocycles. The molecule has 1 fully saturated rings. The first kappa shape index (κ1) is 12.6. The van der Waals surface area contributed by atoms with Crippen LogP contribution in [0.2, 0.25) is 0 Å². The average molecular weight is 264 g/mol. The fourth-order valence-corrected chi connectivity index (χ4v) is 2.62. The normalized spacial score (nSPS) is 18.3. The average Bonchev–Trinajstić information content (AvgIpc) is 3.17. The van der Waals surface area contributed by atoms with Crippen molar-refractivity contribution in [1.29, 1.82) is 0 Å². The van der Waals surface area contributed by atoms with E-state index in [1.54, 1.807) is 0 Å². The molecule has 0 bridgehead atoms. The van der Waals surface area contributed by atoms with Crippen LogP contribution in [0, 0.1) is 0 Å². The molecule has 6 nitrogen and oxygen atoms in total. The van der Waals surface area contributed by atoms with E-state index >= 15 is 0 Å². The maximum absolute atomic E-state index is 10.6. The van der Waals surface area contributed by atoms with Crippen LogP contribution in [0.5, 0.6) is 0 Å². The molecule has 0 spiro atoms. The Hall–Kier alpha value is -1.40.